The second kappa shape index (κ2) is 4.99. The van der Waals surface area contributed by atoms with Gasteiger partial charge in [-0.25, -0.2) is 0 Å². The van der Waals surface area contributed by atoms with Crippen molar-refractivity contribution < 1.29 is 13.6 Å². The van der Waals surface area contributed by atoms with Crippen LogP contribution in [0.5, 0.6) is 0 Å². The van der Waals surface area contributed by atoms with Crippen molar-refractivity contribution in [3.05, 3.63) is 0 Å². The fraction of sp³-hybridized carbons (Fsp3) is 1.00. The van der Waals surface area contributed by atoms with E-state index in [1.54, 1.807) is 0 Å². The molecule has 0 N–H and O–H groups in total. The van der Waals surface area contributed by atoms with Crippen LogP contribution in [-0.2, 0) is 13.6 Å². The van der Waals surface area contributed by atoms with Gasteiger partial charge in [-0.2, -0.15) is 0 Å². The fourth-order valence-electron chi connectivity index (χ4n) is 0.659. The second-order valence-corrected chi connectivity index (χ2v) is 8.50. The first-order chi connectivity index (χ1) is 6.41. The molecule has 0 aromatic carbocycles. The van der Waals surface area contributed by atoms with E-state index in [1.165, 1.54) is 6.66 Å². The molecule has 0 fully saturated rings. The van der Waals surface area contributed by atoms with E-state index < -0.39 is 7.60 Å². The summed E-state index contributed by atoms with van der Waals surface area (Å²) < 4.78 is 22.5. The van der Waals surface area contributed by atoms with Gasteiger partial charge in [-0.05, 0) is 10.8 Å². The minimum atomic E-state index is -2.89. The van der Waals surface area contributed by atoms with Crippen LogP contribution < -0.4 is 0 Å². The third-order valence-electron chi connectivity index (χ3n) is 1.46. The van der Waals surface area contributed by atoms with Crippen LogP contribution in [0.2, 0.25) is 0 Å². The molecule has 0 aliphatic carbocycles. The van der Waals surface area contributed by atoms with Gasteiger partial charge in [0.25, 0.3) is 0 Å². The van der Waals surface area contributed by atoms with Crippen LogP contribution in [0.15, 0.2) is 0 Å². The summed E-state index contributed by atoms with van der Waals surface area (Å²) in [5.74, 6) is 0. The summed E-state index contributed by atoms with van der Waals surface area (Å²) in [6.07, 6.45) is 0. The Balaban J connectivity index is 4.04. The molecular weight excluding hydrogens is 211 g/mol. The monoisotopic (exact) mass is 236 g/mol. The Morgan fingerprint density at radius 2 is 1.13 bits per heavy atom. The summed E-state index contributed by atoms with van der Waals surface area (Å²) in [4.78, 5) is 0. The van der Waals surface area contributed by atoms with Gasteiger partial charge in [-0.3, -0.25) is 4.57 Å². The van der Waals surface area contributed by atoms with Crippen molar-refractivity contribution in [2.45, 2.75) is 41.5 Å². The van der Waals surface area contributed by atoms with Crippen molar-refractivity contribution in [2.75, 3.05) is 19.9 Å². The Morgan fingerprint density at radius 3 is 1.33 bits per heavy atom. The molecule has 0 heterocycles. The Labute approximate surface area is 94.1 Å². The van der Waals surface area contributed by atoms with Crippen molar-refractivity contribution in [3.63, 3.8) is 0 Å². The van der Waals surface area contributed by atoms with Crippen LogP contribution in [0, 0.1) is 10.8 Å². The van der Waals surface area contributed by atoms with Gasteiger partial charge in [0, 0.05) is 6.66 Å². The standard InChI is InChI=1S/C11H25O3P/c1-10(2,3)8-13-15(7,12)14-9-11(4,5)6/h8-9H2,1-7H3. The van der Waals surface area contributed by atoms with Gasteiger partial charge >= 0.3 is 7.60 Å². The van der Waals surface area contributed by atoms with E-state index in [2.05, 4.69) is 0 Å². The van der Waals surface area contributed by atoms with Crippen LogP contribution in [0.3, 0.4) is 0 Å². The summed E-state index contributed by atoms with van der Waals surface area (Å²) in [5.41, 5.74) is 0.0214. The molecule has 0 radical (unpaired) electrons. The molecule has 15 heavy (non-hydrogen) atoms. The lowest BCUT2D eigenvalue weighted by Crippen LogP contribution is -2.17. The molecule has 0 unspecified atom stereocenters. The largest absolute Gasteiger partial charge is 0.327 e. The molecule has 0 bridgehead atoms. The maximum atomic E-state index is 11.9. The van der Waals surface area contributed by atoms with E-state index in [0.29, 0.717) is 13.2 Å². The number of hydrogen-bond donors (Lipinski definition) is 0. The molecular formula is C11H25O3P. The highest BCUT2D eigenvalue weighted by molar-refractivity contribution is 7.52. The molecule has 0 aromatic rings. The molecule has 0 saturated heterocycles. The third kappa shape index (κ3) is 10.4. The van der Waals surface area contributed by atoms with Crippen LogP contribution in [0.4, 0.5) is 0 Å². The van der Waals surface area contributed by atoms with Crippen molar-refractivity contribution in [2.24, 2.45) is 10.8 Å². The fourth-order valence-corrected chi connectivity index (χ4v) is 1.98. The molecule has 4 heteroatoms. The van der Waals surface area contributed by atoms with Crippen LogP contribution in [0.25, 0.3) is 0 Å². The molecule has 0 amide bonds. The van der Waals surface area contributed by atoms with Gasteiger partial charge in [-0.1, -0.05) is 41.5 Å². The van der Waals surface area contributed by atoms with Gasteiger partial charge in [0.05, 0.1) is 13.2 Å². The summed E-state index contributed by atoms with van der Waals surface area (Å²) in [5, 5.41) is 0. The van der Waals surface area contributed by atoms with Crippen LogP contribution >= 0.6 is 7.60 Å². The van der Waals surface area contributed by atoms with Crippen molar-refractivity contribution in [3.8, 4) is 0 Å². The summed E-state index contributed by atoms with van der Waals surface area (Å²) in [7, 11) is -2.89. The smallest absolute Gasteiger partial charge is 0.308 e. The quantitative estimate of drug-likeness (QED) is 0.694. The molecule has 0 atom stereocenters. The highest BCUT2D eigenvalue weighted by Crippen LogP contribution is 2.46. The minimum absolute atomic E-state index is 0.0107. The predicted octanol–water partition coefficient (Wildman–Crippen LogP) is 3.93. The second-order valence-electron chi connectivity index (χ2n) is 6.44. The normalized spacial score (nSPS) is 14.3. The van der Waals surface area contributed by atoms with E-state index in [1.807, 2.05) is 41.5 Å². The molecule has 0 spiro atoms. The summed E-state index contributed by atoms with van der Waals surface area (Å²) in [6, 6.07) is 0. The Hall–Kier alpha value is 0.150. The van der Waals surface area contributed by atoms with Gasteiger partial charge < -0.3 is 9.05 Å². The first-order valence-electron chi connectivity index (χ1n) is 5.28. The maximum Gasteiger partial charge on any atom is 0.327 e. The van der Waals surface area contributed by atoms with E-state index >= 15 is 0 Å². The van der Waals surface area contributed by atoms with E-state index in [4.69, 9.17) is 9.05 Å². The average molecular weight is 236 g/mol. The topological polar surface area (TPSA) is 35.5 Å². The molecule has 3 nitrogen and oxygen atoms in total. The minimum Gasteiger partial charge on any atom is -0.308 e. The average Bonchev–Trinajstić information content (AvgIpc) is 1.96. The van der Waals surface area contributed by atoms with Crippen LogP contribution in [0.1, 0.15) is 41.5 Å². The third-order valence-corrected chi connectivity index (χ3v) is 2.66. The van der Waals surface area contributed by atoms with Gasteiger partial charge in [-0.15, -0.1) is 0 Å². The van der Waals surface area contributed by atoms with Crippen molar-refractivity contribution in [1.29, 1.82) is 0 Å². The lowest BCUT2D eigenvalue weighted by atomic mass is 9.99. The van der Waals surface area contributed by atoms with Gasteiger partial charge in [0.15, 0.2) is 0 Å². The molecule has 0 rings (SSSR count). The zero-order chi connectivity index (χ0) is 12.3. The molecule has 0 aromatic heterocycles. The maximum absolute atomic E-state index is 11.9. The van der Waals surface area contributed by atoms with E-state index in [0.717, 1.165) is 0 Å². The lowest BCUT2D eigenvalue weighted by Gasteiger charge is -2.24. The number of hydrogen-bond acceptors (Lipinski definition) is 3. The summed E-state index contributed by atoms with van der Waals surface area (Å²) >= 11 is 0. The predicted molar refractivity (Wildman–Crippen MR) is 64.3 cm³/mol. The summed E-state index contributed by atoms with van der Waals surface area (Å²) in [6.45, 7) is 14.7. The molecule has 0 aliphatic rings. The van der Waals surface area contributed by atoms with E-state index in [9.17, 15) is 4.57 Å². The van der Waals surface area contributed by atoms with Crippen molar-refractivity contribution >= 4 is 7.60 Å². The molecule has 92 valence electrons. The lowest BCUT2D eigenvalue weighted by molar-refractivity contribution is 0.126. The first-order valence-corrected chi connectivity index (χ1v) is 7.27. The first kappa shape index (κ1) is 15.2. The van der Waals surface area contributed by atoms with Crippen LogP contribution in [-0.4, -0.2) is 19.9 Å². The molecule has 0 saturated carbocycles. The van der Waals surface area contributed by atoms with Gasteiger partial charge in [0.1, 0.15) is 0 Å². The van der Waals surface area contributed by atoms with Gasteiger partial charge in [0.2, 0.25) is 0 Å². The Kier molecular flexibility index (Phi) is 5.04. The molecule has 0 aliphatic heterocycles. The van der Waals surface area contributed by atoms with E-state index in [-0.39, 0.29) is 10.8 Å². The number of rotatable bonds is 4. The zero-order valence-corrected chi connectivity index (χ0v) is 12.0. The van der Waals surface area contributed by atoms with Crippen molar-refractivity contribution in [1.82, 2.24) is 0 Å². The highest BCUT2D eigenvalue weighted by Gasteiger charge is 2.24. The Morgan fingerprint density at radius 1 is 0.867 bits per heavy atom. The SMILES string of the molecule is CC(C)(C)COP(C)(=O)OCC(C)(C)C. The Bertz CT molecular complexity index is 213. The zero-order valence-electron chi connectivity index (χ0n) is 11.1. The highest BCUT2D eigenvalue weighted by atomic mass is 31.2.